The first-order valence-corrected chi connectivity index (χ1v) is 3.63. The standard InChI is InChI=1S/C8H19NO/c1-8(2,3)6-9(4)7-10-5/h6-7H2,1-5H3. The molecule has 0 radical (unpaired) electrons. The van der Waals surface area contributed by atoms with E-state index in [1.165, 1.54) is 0 Å². The van der Waals surface area contributed by atoms with Crippen LogP contribution in [0.3, 0.4) is 0 Å². The van der Waals surface area contributed by atoms with Crippen molar-refractivity contribution < 1.29 is 4.74 Å². The lowest BCUT2D eigenvalue weighted by molar-refractivity contribution is 0.0605. The van der Waals surface area contributed by atoms with Gasteiger partial charge >= 0.3 is 0 Å². The van der Waals surface area contributed by atoms with E-state index >= 15 is 0 Å². The zero-order valence-electron chi connectivity index (χ0n) is 7.77. The summed E-state index contributed by atoms with van der Waals surface area (Å²) in [6, 6.07) is 0. The van der Waals surface area contributed by atoms with Crippen LogP contribution in [-0.4, -0.2) is 32.3 Å². The second kappa shape index (κ2) is 3.94. The van der Waals surface area contributed by atoms with Gasteiger partial charge in [-0.3, -0.25) is 4.90 Å². The maximum Gasteiger partial charge on any atom is 0.0984 e. The van der Waals surface area contributed by atoms with Crippen molar-refractivity contribution in [2.45, 2.75) is 20.8 Å². The van der Waals surface area contributed by atoms with Crippen LogP contribution in [0.25, 0.3) is 0 Å². The molecular weight excluding hydrogens is 126 g/mol. The number of ether oxygens (including phenoxy) is 1. The molecule has 2 nitrogen and oxygen atoms in total. The van der Waals surface area contributed by atoms with Gasteiger partial charge in [0.25, 0.3) is 0 Å². The highest BCUT2D eigenvalue weighted by molar-refractivity contribution is 4.64. The molecule has 0 amide bonds. The van der Waals surface area contributed by atoms with Crippen LogP contribution >= 0.6 is 0 Å². The second-order valence-electron chi connectivity index (χ2n) is 3.99. The number of methoxy groups -OCH3 is 1. The zero-order chi connectivity index (χ0) is 8.20. The molecule has 2 heteroatoms. The summed E-state index contributed by atoms with van der Waals surface area (Å²) in [4.78, 5) is 2.17. The molecule has 0 spiro atoms. The van der Waals surface area contributed by atoms with E-state index in [-0.39, 0.29) is 0 Å². The lowest BCUT2D eigenvalue weighted by atomic mass is 9.96. The van der Waals surface area contributed by atoms with Gasteiger partial charge < -0.3 is 4.74 Å². The van der Waals surface area contributed by atoms with Crippen molar-refractivity contribution in [2.75, 3.05) is 27.4 Å². The van der Waals surface area contributed by atoms with Crippen molar-refractivity contribution >= 4 is 0 Å². The normalized spacial score (nSPS) is 12.6. The summed E-state index contributed by atoms with van der Waals surface area (Å²) in [7, 11) is 3.79. The summed E-state index contributed by atoms with van der Waals surface area (Å²) < 4.78 is 4.98. The third-order valence-electron chi connectivity index (χ3n) is 1.09. The van der Waals surface area contributed by atoms with Crippen molar-refractivity contribution in [1.82, 2.24) is 4.90 Å². The SMILES string of the molecule is COCN(C)CC(C)(C)C. The molecule has 0 rings (SSSR count). The third-order valence-corrected chi connectivity index (χ3v) is 1.09. The first kappa shape index (κ1) is 9.92. The van der Waals surface area contributed by atoms with E-state index in [0.717, 1.165) is 13.3 Å². The summed E-state index contributed by atoms with van der Waals surface area (Å²) in [6.45, 7) is 8.45. The Morgan fingerprint density at radius 3 is 2.10 bits per heavy atom. The number of rotatable bonds is 3. The van der Waals surface area contributed by atoms with Crippen LogP contribution in [0.5, 0.6) is 0 Å². The molecule has 0 aromatic carbocycles. The lowest BCUT2D eigenvalue weighted by Gasteiger charge is -2.25. The van der Waals surface area contributed by atoms with E-state index in [4.69, 9.17) is 4.74 Å². The van der Waals surface area contributed by atoms with Gasteiger partial charge in [-0.25, -0.2) is 0 Å². The smallest absolute Gasteiger partial charge is 0.0984 e. The number of hydrogen-bond donors (Lipinski definition) is 0. The molecule has 0 atom stereocenters. The fourth-order valence-electron chi connectivity index (χ4n) is 1.08. The van der Waals surface area contributed by atoms with E-state index in [9.17, 15) is 0 Å². The highest BCUT2D eigenvalue weighted by atomic mass is 16.5. The molecule has 0 unspecified atom stereocenters. The van der Waals surface area contributed by atoms with Crippen molar-refractivity contribution in [3.05, 3.63) is 0 Å². The maximum atomic E-state index is 4.98. The highest BCUT2D eigenvalue weighted by Gasteiger charge is 2.12. The van der Waals surface area contributed by atoms with Crippen molar-refractivity contribution in [1.29, 1.82) is 0 Å². The summed E-state index contributed by atoms with van der Waals surface area (Å²) in [5.41, 5.74) is 0.368. The minimum atomic E-state index is 0.368. The van der Waals surface area contributed by atoms with E-state index in [0.29, 0.717) is 5.41 Å². The molecule has 0 heterocycles. The predicted molar refractivity (Wildman–Crippen MR) is 44.0 cm³/mol. The monoisotopic (exact) mass is 145 g/mol. The van der Waals surface area contributed by atoms with Crippen LogP contribution in [0, 0.1) is 5.41 Å². The van der Waals surface area contributed by atoms with Crippen molar-refractivity contribution in [3.63, 3.8) is 0 Å². The Kier molecular flexibility index (Phi) is 3.91. The van der Waals surface area contributed by atoms with E-state index in [2.05, 4.69) is 32.7 Å². The fourth-order valence-corrected chi connectivity index (χ4v) is 1.08. The van der Waals surface area contributed by atoms with Crippen LogP contribution in [0.4, 0.5) is 0 Å². The minimum absolute atomic E-state index is 0.368. The van der Waals surface area contributed by atoms with Gasteiger partial charge in [0.15, 0.2) is 0 Å². The average molecular weight is 145 g/mol. The Morgan fingerprint density at radius 1 is 1.30 bits per heavy atom. The van der Waals surface area contributed by atoms with Gasteiger partial charge in [0.1, 0.15) is 0 Å². The Hall–Kier alpha value is -0.0800. The quantitative estimate of drug-likeness (QED) is 0.559. The highest BCUT2D eigenvalue weighted by Crippen LogP contribution is 2.13. The molecule has 10 heavy (non-hydrogen) atoms. The molecule has 0 N–H and O–H groups in total. The van der Waals surface area contributed by atoms with Gasteiger partial charge in [-0.05, 0) is 12.5 Å². The molecule has 0 aliphatic rings. The molecular formula is C8H19NO. The molecule has 62 valence electrons. The molecule has 0 bridgehead atoms. The summed E-state index contributed by atoms with van der Waals surface area (Å²) >= 11 is 0. The first-order chi connectivity index (χ1) is 4.45. The van der Waals surface area contributed by atoms with E-state index in [1.54, 1.807) is 7.11 Å². The van der Waals surface area contributed by atoms with Gasteiger partial charge in [0, 0.05) is 13.7 Å². The Labute approximate surface area is 64.2 Å². The van der Waals surface area contributed by atoms with Crippen molar-refractivity contribution in [2.24, 2.45) is 5.41 Å². The van der Waals surface area contributed by atoms with Gasteiger partial charge in [-0.15, -0.1) is 0 Å². The molecule has 0 aromatic rings. The number of nitrogens with zero attached hydrogens (tertiary/aromatic N) is 1. The second-order valence-corrected chi connectivity index (χ2v) is 3.99. The summed E-state index contributed by atoms with van der Waals surface area (Å²) in [5.74, 6) is 0. The predicted octanol–water partition coefficient (Wildman–Crippen LogP) is 1.57. The van der Waals surface area contributed by atoms with E-state index in [1.807, 2.05) is 0 Å². The van der Waals surface area contributed by atoms with Gasteiger partial charge in [0.2, 0.25) is 0 Å². The molecule has 0 aliphatic carbocycles. The van der Waals surface area contributed by atoms with Crippen LogP contribution in [0.15, 0.2) is 0 Å². The largest absolute Gasteiger partial charge is 0.369 e. The molecule has 0 aliphatic heterocycles. The fraction of sp³-hybridized carbons (Fsp3) is 1.00. The average Bonchev–Trinajstić information content (AvgIpc) is 1.59. The van der Waals surface area contributed by atoms with E-state index < -0.39 is 0 Å². The van der Waals surface area contributed by atoms with Gasteiger partial charge in [-0.1, -0.05) is 20.8 Å². The van der Waals surface area contributed by atoms with Gasteiger partial charge in [0.05, 0.1) is 6.73 Å². The minimum Gasteiger partial charge on any atom is -0.369 e. The summed E-state index contributed by atoms with van der Waals surface area (Å²) in [5, 5.41) is 0. The molecule has 0 fully saturated rings. The Bertz CT molecular complexity index is 85.7. The van der Waals surface area contributed by atoms with Crippen LogP contribution in [0.1, 0.15) is 20.8 Å². The third kappa shape index (κ3) is 6.05. The molecule has 0 saturated carbocycles. The maximum absolute atomic E-state index is 4.98. The van der Waals surface area contributed by atoms with Crippen LogP contribution in [0.2, 0.25) is 0 Å². The topological polar surface area (TPSA) is 12.5 Å². The van der Waals surface area contributed by atoms with Crippen LogP contribution < -0.4 is 0 Å². The Morgan fingerprint density at radius 2 is 1.80 bits per heavy atom. The molecule has 0 aromatic heterocycles. The number of hydrogen-bond acceptors (Lipinski definition) is 2. The van der Waals surface area contributed by atoms with Crippen LogP contribution in [-0.2, 0) is 4.74 Å². The lowest BCUT2D eigenvalue weighted by Crippen LogP contribution is -2.30. The first-order valence-electron chi connectivity index (χ1n) is 3.63. The molecule has 0 saturated heterocycles. The summed E-state index contributed by atoms with van der Waals surface area (Å²) in [6.07, 6.45) is 0. The Balaban J connectivity index is 3.47. The zero-order valence-corrected chi connectivity index (χ0v) is 7.77. The van der Waals surface area contributed by atoms with Gasteiger partial charge in [-0.2, -0.15) is 0 Å². The van der Waals surface area contributed by atoms with Crippen molar-refractivity contribution in [3.8, 4) is 0 Å².